The van der Waals surface area contributed by atoms with Crippen LogP contribution in [0, 0.1) is 11.7 Å². The van der Waals surface area contributed by atoms with Crippen LogP contribution in [0.25, 0.3) is 0 Å². The lowest BCUT2D eigenvalue weighted by Gasteiger charge is -2.27. The number of methoxy groups -OCH3 is 2. The number of hydrogen-bond donors (Lipinski definition) is 1. The fourth-order valence-corrected chi connectivity index (χ4v) is 2.97. The van der Waals surface area contributed by atoms with Crippen molar-refractivity contribution in [2.75, 3.05) is 27.8 Å². The molecular weight excluding hydrogens is 387 g/mol. The number of rotatable bonds is 9. The van der Waals surface area contributed by atoms with E-state index in [9.17, 15) is 14.0 Å². The lowest BCUT2D eigenvalue weighted by Crippen LogP contribution is -2.50. The van der Waals surface area contributed by atoms with Crippen molar-refractivity contribution in [3.05, 3.63) is 59.4 Å². The van der Waals surface area contributed by atoms with E-state index in [0.717, 1.165) is 5.56 Å². The number of likely N-dealkylation sites (N-methyl/N-ethyl adjacent to an activating group) is 1. The minimum atomic E-state index is -0.687. The minimum absolute atomic E-state index is 0.109. The molecule has 2 aromatic carbocycles. The number of benzene rings is 2. The van der Waals surface area contributed by atoms with Crippen LogP contribution >= 0.6 is 0 Å². The Balaban J connectivity index is 2.07. The van der Waals surface area contributed by atoms with Crippen LogP contribution in [0.2, 0.25) is 0 Å². The monoisotopic (exact) mass is 416 g/mol. The number of amides is 2. The van der Waals surface area contributed by atoms with Crippen LogP contribution in [-0.4, -0.2) is 50.6 Å². The second-order valence-corrected chi connectivity index (χ2v) is 7.43. The summed E-state index contributed by atoms with van der Waals surface area (Å²) in [5, 5.41) is 2.83. The highest BCUT2D eigenvalue weighted by Gasteiger charge is 2.27. The van der Waals surface area contributed by atoms with Crippen LogP contribution in [0.5, 0.6) is 11.5 Å². The number of nitrogens with zero attached hydrogens (tertiary/aromatic N) is 1. The van der Waals surface area contributed by atoms with E-state index in [1.165, 1.54) is 26.4 Å². The van der Waals surface area contributed by atoms with Crippen molar-refractivity contribution >= 4 is 11.8 Å². The standard InChI is InChI=1S/C23H29FN2O4/c1-15(2)21(23(28)26(3)11-10-16-6-8-18(24)9-7-16)25-22(27)17-12-19(29-4)14-20(13-17)30-5/h6-9,12-15,21H,10-11H2,1-5H3,(H,25,27). The van der Waals surface area contributed by atoms with E-state index in [1.807, 2.05) is 13.8 Å². The normalized spacial score (nSPS) is 11.7. The minimum Gasteiger partial charge on any atom is -0.497 e. The van der Waals surface area contributed by atoms with Crippen LogP contribution in [0.15, 0.2) is 42.5 Å². The maximum absolute atomic E-state index is 13.0. The largest absolute Gasteiger partial charge is 0.497 e. The molecule has 0 heterocycles. The number of halogens is 1. The molecule has 0 fully saturated rings. The van der Waals surface area contributed by atoms with Crippen molar-refractivity contribution in [2.24, 2.45) is 5.92 Å². The first-order valence-electron chi connectivity index (χ1n) is 9.78. The molecule has 0 aliphatic carbocycles. The van der Waals surface area contributed by atoms with Gasteiger partial charge in [-0.2, -0.15) is 0 Å². The molecule has 0 saturated heterocycles. The summed E-state index contributed by atoms with van der Waals surface area (Å²) in [7, 11) is 4.71. The van der Waals surface area contributed by atoms with Crippen molar-refractivity contribution in [2.45, 2.75) is 26.3 Å². The molecule has 0 spiro atoms. The summed E-state index contributed by atoms with van der Waals surface area (Å²) in [5.74, 6) is 0.00958. The van der Waals surface area contributed by atoms with E-state index in [2.05, 4.69) is 5.32 Å². The first-order chi connectivity index (χ1) is 14.2. The number of hydrogen-bond acceptors (Lipinski definition) is 4. The summed E-state index contributed by atoms with van der Waals surface area (Å²) in [6.07, 6.45) is 0.592. The average molecular weight is 416 g/mol. The Kier molecular flexibility index (Phi) is 8.21. The van der Waals surface area contributed by atoms with Gasteiger partial charge in [0, 0.05) is 25.2 Å². The topological polar surface area (TPSA) is 67.9 Å². The Hall–Kier alpha value is -3.09. The molecule has 1 atom stereocenters. The average Bonchev–Trinajstić information content (AvgIpc) is 2.75. The zero-order chi connectivity index (χ0) is 22.3. The van der Waals surface area contributed by atoms with Crippen LogP contribution in [0.3, 0.4) is 0 Å². The van der Waals surface area contributed by atoms with E-state index < -0.39 is 6.04 Å². The van der Waals surface area contributed by atoms with Crippen molar-refractivity contribution in [3.63, 3.8) is 0 Å². The van der Waals surface area contributed by atoms with Gasteiger partial charge in [-0.1, -0.05) is 26.0 Å². The van der Waals surface area contributed by atoms with Gasteiger partial charge in [-0.25, -0.2) is 4.39 Å². The smallest absolute Gasteiger partial charge is 0.252 e. The quantitative estimate of drug-likeness (QED) is 0.681. The van der Waals surface area contributed by atoms with E-state index in [4.69, 9.17) is 9.47 Å². The number of carbonyl (C=O) groups excluding carboxylic acids is 2. The second kappa shape index (κ2) is 10.6. The van der Waals surface area contributed by atoms with Gasteiger partial charge in [0.25, 0.3) is 5.91 Å². The molecule has 1 N–H and O–H groups in total. The Morgan fingerprint density at radius 2 is 1.60 bits per heavy atom. The van der Waals surface area contributed by atoms with Gasteiger partial charge >= 0.3 is 0 Å². The summed E-state index contributed by atoms with van der Waals surface area (Å²) >= 11 is 0. The van der Waals surface area contributed by atoms with Gasteiger partial charge in [0.1, 0.15) is 23.4 Å². The molecular formula is C23H29FN2O4. The highest BCUT2D eigenvalue weighted by molar-refractivity contribution is 5.98. The predicted octanol–water partition coefficient (Wildman–Crippen LogP) is 3.30. The molecule has 162 valence electrons. The predicted molar refractivity (Wildman–Crippen MR) is 113 cm³/mol. The van der Waals surface area contributed by atoms with Gasteiger partial charge in [0.05, 0.1) is 14.2 Å². The fraction of sp³-hybridized carbons (Fsp3) is 0.391. The highest BCUT2D eigenvalue weighted by atomic mass is 19.1. The molecule has 0 aliphatic heterocycles. The molecule has 2 amide bonds. The van der Waals surface area contributed by atoms with Crippen LogP contribution in [-0.2, 0) is 11.2 Å². The molecule has 0 radical (unpaired) electrons. The molecule has 2 rings (SSSR count). The summed E-state index contributed by atoms with van der Waals surface area (Å²) in [6.45, 7) is 4.21. The van der Waals surface area contributed by atoms with Crippen molar-refractivity contribution < 1.29 is 23.5 Å². The Morgan fingerprint density at radius 1 is 1.03 bits per heavy atom. The molecule has 0 bridgehead atoms. The van der Waals surface area contributed by atoms with E-state index in [-0.39, 0.29) is 23.5 Å². The third kappa shape index (κ3) is 6.20. The molecule has 1 unspecified atom stereocenters. The zero-order valence-electron chi connectivity index (χ0n) is 18.1. The van der Waals surface area contributed by atoms with Crippen LogP contribution in [0.1, 0.15) is 29.8 Å². The van der Waals surface area contributed by atoms with Crippen molar-refractivity contribution in [1.82, 2.24) is 10.2 Å². The molecule has 30 heavy (non-hydrogen) atoms. The Labute approximate surface area is 177 Å². The first-order valence-corrected chi connectivity index (χ1v) is 9.78. The number of ether oxygens (including phenoxy) is 2. The molecule has 0 saturated carbocycles. The zero-order valence-corrected chi connectivity index (χ0v) is 18.1. The summed E-state index contributed by atoms with van der Waals surface area (Å²) in [6, 6.07) is 10.4. The van der Waals surface area contributed by atoms with E-state index in [1.54, 1.807) is 42.3 Å². The highest BCUT2D eigenvalue weighted by Crippen LogP contribution is 2.22. The second-order valence-electron chi connectivity index (χ2n) is 7.43. The van der Waals surface area contributed by atoms with Gasteiger partial charge in [-0.15, -0.1) is 0 Å². The molecule has 0 aromatic heterocycles. The number of nitrogens with one attached hydrogen (secondary N) is 1. The van der Waals surface area contributed by atoms with Gasteiger partial charge in [0.15, 0.2) is 0 Å². The summed E-state index contributed by atoms with van der Waals surface area (Å²) in [4.78, 5) is 27.4. The van der Waals surface area contributed by atoms with Gasteiger partial charge < -0.3 is 19.7 Å². The number of carbonyl (C=O) groups is 2. The SMILES string of the molecule is COc1cc(OC)cc(C(=O)NC(C(=O)N(C)CCc2ccc(F)cc2)C(C)C)c1. The molecule has 7 heteroatoms. The fourth-order valence-electron chi connectivity index (χ4n) is 2.97. The molecule has 2 aromatic rings. The van der Waals surface area contributed by atoms with Crippen LogP contribution in [0.4, 0.5) is 4.39 Å². The Bertz CT molecular complexity index is 846. The Morgan fingerprint density at radius 3 is 2.10 bits per heavy atom. The first kappa shape index (κ1) is 23.2. The summed E-state index contributed by atoms with van der Waals surface area (Å²) < 4.78 is 23.5. The molecule has 6 nitrogen and oxygen atoms in total. The maximum Gasteiger partial charge on any atom is 0.252 e. The van der Waals surface area contributed by atoms with E-state index >= 15 is 0 Å². The third-order valence-corrected chi connectivity index (χ3v) is 4.86. The van der Waals surface area contributed by atoms with Gasteiger partial charge in [-0.05, 0) is 42.2 Å². The third-order valence-electron chi connectivity index (χ3n) is 4.86. The van der Waals surface area contributed by atoms with Crippen LogP contribution < -0.4 is 14.8 Å². The lowest BCUT2D eigenvalue weighted by atomic mass is 10.0. The van der Waals surface area contributed by atoms with E-state index in [0.29, 0.717) is 30.0 Å². The lowest BCUT2D eigenvalue weighted by molar-refractivity contribution is -0.133. The van der Waals surface area contributed by atoms with Gasteiger partial charge in [0.2, 0.25) is 5.91 Å². The maximum atomic E-state index is 13.0. The van der Waals surface area contributed by atoms with Crippen molar-refractivity contribution in [3.8, 4) is 11.5 Å². The molecule has 0 aliphatic rings. The summed E-state index contributed by atoms with van der Waals surface area (Å²) in [5.41, 5.74) is 1.28. The van der Waals surface area contributed by atoms with Crippen molar-refractivity contribution in [1.29, 1.82) is 0 Å². The van der Waals surface area contributed by atoms with Gasteiger partial charge in [-0.3, -0.25) is 9.59 Å².